The van der Waals surface area contributed by atoms with Gasteiger partial charge in [-0.15, -0.1) is 0 Å². The van der Waals surface area contributed by atoms with Crippen molar-refractivity contribution in [1.29, 1.82) is 0 Å². The standard InChI is InChI=1S/C15H13N3O3/c1-9(19)18(11-4-2-10(16)3-5-11)15(20)13-8-14-12(17-13)6-7-21-14/h2-8,17H,16H2,1H3. The first-order valence-electron chi connectivity index (χ1n) is 6.33. The molecule has 3 aromatic rings. The van der Waals surface area contributed by atoms with E-state index in [9.17, 15) is 9.59 Å². The highest BCUT2D eigenvalue weighted by atomic mass is 16.3. The molecule has 6 nitrogen and oxygen atoms in total. The molecule has 106 valence electrons. The number of amides is 2. The average Bonchev–Trinajstić information content (AvgIpc) is 3.01. The quantitative estimate of drug-likeness (QED) is 0.707. The van der Waals surface area contributed by atoms with E-state index in [1.807, 2.05) is 0 Å². The Morgan fingerprint density at radius 2 is 1.90 bits per heavy atom. The molecule has 0 radical (unpaired) electrons. The second kappa shape index (κ2) is 4.82. The molecule has 3 N–H and O–H groups in total. The highest BCUT2D eigenvalue weighted by molar-refractivity contribution is 6.20. The summed E-state index contributed by atoms with van der Waals surface area (Å²) >= 11 is 0. The number of nitrogens with two attached hydrogens (primary N) is 1. The second-order valence-electron chi connectivity index (χ2n) is 4.63. The van der Waals surface area contributed by atoms with E-state index in [-0.39, 0.29) is 11.6 Å². The van der Waals surface area contributed by atoms with E-state index < -0.39 is 5.91 Å². The number of benzene rings is 1. The van der Waals surface area contributed by atoms with Crippen LogP contribution in [0.4, 0.5) is 11.4 Å². The zero-order valence-electron chi connectivity index (χ0n) is 11.3. The Morgan fingerprint density at radius 1 is 1.19 bits per heavy atom. The summed E-state index contributed by atoms with van der Waals surface area (Å²) in [4.78, 5) is 28.4. The number of nitrogens with zero attached hydrogens (tertiary/aromatic N) is 1. The van der Waals surface area contributed by atoms with Gasteiger partial charge in [-0.25, -0.2) is 4.90 Å². The van der Waals surface area contributed by atoms with Crippen molar-refractivity contribution >= 4 is 34.3 Å². The van der Waals surface area contributed by atoms with Crippen LogP contribution in [-0.4, -0.2) is 16.8 Å². The lowest BCUT2D eigenvalue weighted by Gasteiger charge is -2.18. The summed E-state index contributed by atoms with van der Waals surface area (Å²) in [5.41, 5.74) is 8.21. The van der Waals surface area contributed by atoms with E-state index in [2.05, 4.69) is 4.98 Å². The number of furan rings is 1. The minimum Gasteiger partial charge on any atom is -0.463 e. The largest absolute Gasteiger partial charge is 0.463 e. The second-order valence-corrected chi connectivity index (χ2v) is 4.63. The maximum absolute atomic E-state index is 12.5. The third-order valence-corrected chi connectivity index (χ3v) is 3.14. The Labute approximate surface area is 120 Å². The Hall–Kier alpha value is -3.02. The fraction of sp³-hybridized carbons (Fsp3) is 0.0667. The third-order valence-electron chi connectivity index (χ3n) is 3.14. The van der Waals surface area contributed by atoms with Crippen molar-refractivity contribution in [1.82, 2.24) is 4.98 Å². The van der Waals surface area contributed by atoms with Gasteiger partial charge in [-0.3, -0.25) is 9.59 Å². The van der Waals surface area contributed by atoms with Crippen LogP contribution >= 0.6 is 0 Å². The van der Waals surface area contributed by atoms with Crippen molar-refractivity contribution in [3.05, 3.63) is 48.4 Å². The Kier molecular flexibility index (Phi) is 2.98. The van der Waals surface area contributed by atoms with Crippen LogP contribution in [0.1, 0.15) is 17.4 Å². The van der Waals surface area contributed by atoms with Crippen molar-refractivity contribution in [3.8, 4) is 0 Å². The van der Waals surface area contributed by atoms with Crippen molar-refractivity contribution < 1.29 is 14.0 Å². The molecule has 2 aromatic heterocycles. The molecule has 0 aliphatic rings. The van der Waals surface area contributed by atoms with Crippen LogP contribution in [0, 0.1) is 0 Å². The summed E-state index contributed by atoms with van der Waals surface area (Å²) in [6.07, 6.45) is 1.53. The fourth-order valence-electron chi connectivity index (χ4n) is 2.15. The van der Waals surface area contributed by atoms with E-state index in [0.717, 1.165) is 4.90 Å². The highest BCUT2D eigenvalue weighted by Gasteiger charge is 2.23. The molecule has 2 heterocycles. The maximum Gasteiger partial charge on any atom is 0.281 e. The molecular weight excluding hydrogens is 270 g/mol. The number of anilines is 2. The summed E-state index contributed by atoms with van der Waals surface area (Å²) in [5.74, 6) is -0.824. The molecule has 0 saturated carbocycles. The average molecular weight is 283 g/mol. The normalized spacial score (nSPS) is 10.7. The molecule has 0 bridgehead atoms. The molecule has 0 fully saturated rings. The van der Waals surface area contributed by atoms with E-state index in [1.165, 1.54) is 13.2 Å². The zero-order chi connectivity index (χ0) is 15.0. The summed E-state index contributed by atoms with van der Waals surface area (Å²) in [6, 6.07) is 9.82. The Morgan fingerprint density at radius 3 is 2.52 bits per heavy atom. The molecule has 0 spiro atoms. The van der Waals surface area contributed by atoms with Gasteiger partial charge in [0.05, 0.1) is 17.5 Å². The predicted octanol–water partition coefficient (Wildman–Crippen LogP) is 2.54. The van der Waals surface area contributed by atoms with Gasteiger partial charge in [0.1, 0.15) is 5.69 Å². The van der Waals surface area contributed by atoms with E-state index >= 15 is 0 Å². The first-order chi connectivity index (χ1) is 10.1. The van der Waals surface area contributed by atoms with Gasteiger partial charge in [-0.2, -0.15) is 0 Å². The van der Waals surface area contributed by atoms with Crippen LogP contribution < -0.4 is 10.6 Å². The van der Waals surface area contributed by atoms with Gasteiger partial charge in [0.25, 0.3) is 5.91 Å². The summed E-state index contributed by atoms with van der Waals surface area (Å²) < 4.78 is 5.21. The Bertz CT molecular complexity index is 786. The van der Waals surface area contributed by atoms with Crippen molar-refractivity contribution in [2.75, 3.05) is 10.6 Å². The minimum absolute atomic E-state index is 0.288. The lowest BCUT2D eigenvalue weighted by atomic mass is 10.2. The van der Waals surface area contributed by atoms with Gasteiger partial charge in [0.15, 0.2) is 5.58 Å². The molecule has 21 heavy (non-hydrogen) atoms. The fourth-order valence-corrected chi connectivity index (χ4v) is 2.15. The number of carbonyl (C=O) groups is 2. The topological polar surface area (TPSA) is 92.3 Å². The lowest BCUT2D eigenvalue weighted by molar-refractivity contribution is -0.115. The SMILES string of the molecule is CC(=O)N(C(=O)c1cc2occc2[nH]1)c1ccc(N)cc1. The summed E-state index contributed by atoms with van der Waals surface area (Å²) in [7, 11) is 0. The molecule has 3 rings (SSSR count). The van der Waals surface area contributed by atoms with Crippen LogP contribution in [0.3, 0.4) is 0 Å². The number of hydrogen-bond acceptors (Lipinski definition) is 4. The van der Waals surface area contributed by atoms with Gasteiger partial charge in [0, 0.05) is 24.7 Å². The van der Waals surface area contributed by atoms with Gasteiger partial charge in [-0.1, -0.05) is 0 Å². The van der Waals surface area contributed by atoms with Crippen LogP contribution in [0.15, 0.2) is 47.1 Å². The molecule has 0 saturated heterocycles. The summed E-state index contributed by atoms with van der Waals surface area (Å²) in [5, 5.41) is 0. The monoisotopic (exact) mass is 283 g/mol. The van der Waals surface area contributed by atoms with Crippen molar-refractivity contribution in [2.24, 2.45) is 0 Å². The zero-order valence-corrected chi connectivity index (χ0v) is 11.3. The predicted molar refractivity (Wildman–Crippen MR) is 78.9 cm³/mol. The van der Waals surface area contributed by atoms with Crippen LogP contribution in [0.2, 0.25) is 0 Å². The van der Waals surface area contributed by atoms with Gasteiger partial charge < -0.3 is 15.1 Å². The van der Waals surface area contributed by atoms with Gasteiger partial charge in [0.2, 0.25) is 5.91 Å². The molecule has 0 atom stereocenters. The Balaban J connectivity index is 2.00. The lowest BCUT2D eigenvalue weighted by Crippen LogP contribution is -2.35. The van der Waals surface area contributed by atoms with Crippen LogP contribution in [-0.2, 0) is 4.79 Å². The number of H-pyrrole nitrogens is 1. The number of carbonyl (C=O) groups excluding carboxylic acids is 2. The van der Waals surface area contributed by atoms with E-state index in [0.29, 0.717) is 22.5 Å². The molecule has 2 amide bonds. The van der Waals surface area contributed by atoms with Crippen LogP contribution in [0.25, 0.3) is 11.1 Å². The maximum atomic E-state index is 12.5. The minimum atomic E-state index is -0.446. The number of aromatic amines is 1. The van der Waals surface area contributed by atoms with Gasteiger partial charge >= 0.3 is 0 Å². The van der Waals surface area contributed by atoms with Crippen molar-refractivity contribution in [2.45, 2.75) is 6.92 Å². The number of nitrogens with one attached hydrogen (secondary N) is 1. The molecule has 0 aliphatic heterocycles. The van der Waals surface area contributed by atoms with Crippen molar-refractivity contribution in [3.63, 3.8) is 0 Å². The highest BCUT2D eigenvalue weighted by Crippen LogP contribution is 2.22. The number of rotatable bonds is 2. The third kappa shape index (κ3) is 2.27. The van der Waals surface area contributed by atoms with Crippen LogP contribution in [0.5, 0.6) is 0 Å². The number of nitrogen functional groups attached to an aromatic ring is 1. The summed E-state index contributed by atoms with van der Waals surface area (Å²) in [6.45, 7) is 1.33. The number of fused-ring (bicyclic) bond motifs is 1. The number of hydrogen-bond donors (Lipinski definition) is 2. The van der Waals surface area contributed by atoms with E-state index in [1.54, 1.807) is 36.4 Å². The van der Waals surface area contributed by atoms with E-state index in [4.69, 9.17) is 10.2 Å². The molecular formula is C15H13N3O3. The molecule has 0 aliphatic carbocycles. The van der Waals surface area contributed by atoms with Gasteiger partial charge in [-0.05, 0) is 24.3 Å². The number of imide groups is 1. The first-order valence-corrected chi connectivity index (χ1v) is 6.33. The molecule has 0 unspecified atom stereocenters. The molecule has 6 heteroatoms. The number of aromatic nitrogens is 1. The smallest absolute Gasteiger partial charge is 0.281 e. The first kappa shape index (κ1) is 13.0. The molecule has 1 aromatic carbocycles.